The molecule has 4 aromatic rings. The number of aromatic nitrogens is 2. The molecule has 2 heterocycles. The van der Waals surface area contributed by atoms with Gasteiger partial charge in [-0.1, -0.05) is 48.0 Å². The summed E-state index contributed by atoms with van der Waals surface area (Å²) in [7, 11) is 0. The monoisotopic (exact) mass is 525 g/mol. The largest absolute Gasteiger partial charge is 0.417 e. The first-order valence-electron chi connectivity index (χ1n) is 10.4. The predicted molar refractivity (Wildman–Crippen MR) is 123 cm³/mol. The van der Waals surface area contributed by atoms with Crippen LogP contribution in [-0.4, -0.2) is 22.4 Å². The quantitative estimate of drug-likeness (QED) is 0.292. The van der Waals surface area contributed by atoms with E-state index in [1.807, 2.05) is 30.5 Å². The van der Waals surface area contributed by atoms with Gasteiger partial charge in [-0.25, -0.2) is 0 Å². The molecule has 4 rings (SSSR count). The fourth-order valence-corrected chi connectivity index (χ4v) is 3.40. The molecule has 0 aliphatic rings. The summed E-state index contributed by atoms with van der Waals surface area (Å²) >= 11 is 5.73. The van der Waals surface area contributed by atoms with Gasteiger partial charge in [-0.15, -0.1) is 0 Å². The molecular weight excluding hydrogens is 508 g/mol. The molecule has 0 fully saturated rings. The van der Waals surface area contributed by atoms with Crippen LogP contribution in [0.3, 0.4) is 0 Å². The van der Waals surface area contributed by atoms with Gasteiger partial charge < -0.3 is 5.32 Å². The highest BCUT2D eigenvalue weighted by atomic mass is 35.5. The van der Waals surface area contributed by atoms with Gasteiger partial charge in [0.1, 0.15) is 0 Å². The second-order valence-electron chi connectivity index (χ2n) is 7.40. The van der Waals surface area contributed by atoms with Crippen LogP contribution in [0.25, 0.3) is 10.9 Å². The number of alkyl halides is 6. The first-order valence-corrected chi connectivity index (χ1v) is 10.8. The molecule has 0 radical (unpaired) electrons. The molecule has 0 saturated carbocycles. The molecule has 0 aliphatic carbocycles. The Morgan fingerprint density at radius 3 is 2.19 bits per heavy atom. The van der Waals surface area contributed by atoms with Crippen molar-refractivity contribution in [2.45, 2.75) is 18.8 Å². The Labute approximate surface area is 207 Å². The Morgan fingerprint density at radius 2 is 1.53 bits per heavy atom. The van der Waals surface area contributed by atoms with Gasteiger partial charge in [0.05, 0.1) is 32.9 Å². The molecule has 4 nitrogen and oxygen atoms in total. The number of benzene rings is 2. The van der Waals surface area contributed by atoms with E-state index in [9.17, 15) is 31.1 Å². The number of fused-ring (bicyclic) bond motifs is 1. The zero-order chi connectivity index (χ0) is 26.3. The van der Waals surface area contributed by atoms with E-state index < -0.39 is 35.0 Å². The van der Waals surface area contributed by atoms with Gasteiger partial charge in [-0.3, -0.25) is 14.8 Å². The lowest BCUT2D eigenvalue weighted by Gasteiger charge is -2.13. The number of carbonyl (C=O) groups is 1. The SMILES string of the molecule is O=C(NCCc1ncc(C(F)(F)F)cc1Cl)c1ccccc1C(F)(F)F.c1ccc2ncccc2c1. The van der Waals surface area contributed by atoms with Gasteiger partial charge in [0.25, 0.3) is 5.91 Å². The van der Waals surface area contributed by atoms with Crippen LogP contribution in [-0.2, 0) is 18.8 Å². The van der Waals surface area contributed by atoms with Crippen LogP contribution in [0, 0.1) is 0 Å². The van der Waals surface area contributed by atoms with Crippen molar-refractivity contribution >= 4 is 28.4 Å². The van der Waals surface area contributed by atoms with E-state index in [1.165, 1.54) is 11.5 Å². The predicted octanol–water partition coefficient (Wildman–Crippen LogP) is 6.98. The minimum atomic E-state index is -4.69. The molecule has 2 aromatic heterocycles. The van der Waals surface area contributed by atoms with Crippen LogP contribution in [0.1, 0.15) is 27.2 Å². The average molecular weight is 526 g/mol. The van der Waals surface area contributed by atoms with Crippen molar-refractivity contribution in [3.8, 4) is 0 Å². The number of amides is 1. The maximum Gasteiger partial charge on any atom is 0.417 e. The van der Waals surface area contributed by atoms with Gasteiger partial charge >= 0.3 is 12.4 Å². The lowest BCUT2D eigenvalue weighted by Crippen LogP contribution is -2.28. The molecule has 1 N–H and O–H groups in total. The third-order valence-electron chi connectivity index (χ3n) is 4.88. The van der Waals surface area contributed by atoms with E-state index in [1.54, 1.807) is 0 Å². The van der Waals surface area contributed by atoms with E-state index in [0.717, 1.165) is 23.7 Å². The highest BCUT2D eigenvalue weighted by Crippen LogP contribution is 2.32. The Morgan fingerprint density at radius 1 is 0.861 bits per heavy atom. The van der Waals surface area contributed by atoms with Gasteiger partial charge in [-0.2, -0.15) is 26.3 Å². The number of hydrogen-bond donors (Lipinski definition) is 1. The molecule has 0 bridgehead atoms. The normalized spacial score (nSPS) is 11.5. The molecule has 2 aromatic carbocycles. The Kier molecular flexibility index (Phi) is 8.52. The van der Waals surface area contributed by atoms with Crippen molar-refractivity contribution in [1.29, 1.82) is 0 Å². The number of hydrogen-bond acceptors (Lipinski definition) is 3. The van der Waals surface area contributed by atoms with Crippen LogP contribution in [0.15, 0.2) is 79.1 Å². The zero-order valence-electron chi connectivity index (χ0n) is 18.4. The van der Waals surface area contributed by atoms with Crippen LogP contribution in [0.2, 0.25) is 5.02 Å². The number of pyridine rings is 2. The zero-order valence-corrected chi connectivity index (χ0v) is 19.1. The summed E-state index contributed by atoms with van der Waals surface area (Å²) in [6.07, 6.45) is -6.92. The fourth-order valence-electron chi connectivity index (χ4n) is 3.14. The Balaban J connectivity index is 0.000000297. The summed E-state index contributed by atoms with van der Waals surface area (Å²) in [4.78, 5) is 19.7. The number of rotatable bonds is 4. The number of para-hydroxylation sites is 1. The molecule has 0 spiro atoms. The summed E-state index contributed by atoms with van der Waals surface area (Å²) in [5.41, 5.74) is -1.50. The van der Waals surface area contributed by atoms with Crippen LogP contribution < -0.4 is 5.32 Å². The van der Waals surface area contributed by atoms with Crippen molar-refractivity contribution in [3.63, 3.8) is 0 Å². The molecule has 36 heavy (non-hydrogen) atoms. The van der Waals surface area contributed by atoms with E-state index in [2.05, 4.69) is 27.4 Å². The van der Waals surface area contributed by atoms with Crippen molar-refractivity contribution in [1.82, 2.24) is 15.3 Å². The molecule has 0 aliphatic heterocycles. The van der Waals surface area contributed by atoms with Gasteiger partial charge in [0.2, 0.25) is 0 Å². The first-order chi connectivity index (χ1) is 17.0. The topological polar surface area (TPSA) is 54.9 Å². The summed E-state index contributed by atoms with van der Waals surface area (Å²) in [5, 5.41) is 3.23. The molecule has 0 atom stereocenters. The summed E-state index contributed by atoms with van der Waals surface area (Å²) in [5.74, 6) is -0.957. The molecule has 0 unspecified atom stereocenters. The number of nitrogens with one attached hydrogen (secondary N) is 1. The number of carbonyl (C=O) groups excluding carboxylic acids is 1. The fraction of sp³-hybridized carbons (Fsp3) is 0.160. The van der Waals surface area contributed by atoms with Crippen molar-refractivity contribution in [2.75, 3.05) is 6.54 Å². The number of nitrogens with zero attached hydrogens (tertiary/aromatic N) is 2. The molecule has 188 valence electrons. The van der Waals surface area contributed by atoms with Crippen molar-refractivity contribution in [2.24, 2.45) is 0 Å². The van der Waals surface area contributed by atoms with Crippen molar-refractivity contribution < 1.29 is 31.1 Å². The standard InChI is InChI=1S/C16H11ClF6N2O.C9H7N/c17-12-7-9(15(18,19)20)8-25-13(12)5-6-24-14(26)10-3-1-2-4-11(10)16(21,22)23;1-2-6-9-8(4-1)5-3-7-10-9/h1-4,7-8H,5-6H2,(H,24,26);1-7H. The van der Waals surface area contributed by atoms with Crippen molar-refractivity contribution in [3.05, 3.63) is 107 Å². The molecule has 1 amide bonds. The maximum absolute atomic E-state index is 12.9. The van der Waals surface area contributed by atoms with Gasteiger partial charge in [0.15, 0.2) is 0 Å². The van der Waals surface area contributed by atoms with Crippen LogP contribution in [0.5, 0.6) is 0 Å². The summed E-state index contributed by atoms with van der Waals surface area (Å²) < 4.78 is 76.2. The summed E-state index contributed by atoms with van der Waals surface area (Å²) in [6, 6.07) is 17.0. The second-order valence-corrected chi connectivity index (χ2v) is 7.80. The lowest BCUT2D eigenvalue weighted by atomic mass is 10.1. The minimum Gasteiger partial charge on any atom is -0.352 e. The summed E-state index contributed by atoms with van der Waals surface area (Å²) in [6.45, 7) is -0.150. The molecule has 11 heteroatoms. The Hall–Kier alpha value is -3.66. The maximum atomic E-state index is 12.9. The lowest BCUT2D eigenvalue weighted by molar-refractivity contribution is -0.138. The Bertz CT molecular complexity index is 1280. The third kappa shape index (κ3) is 7.17. The average Bonchev–Trinajstić information content (AvgIpc) is 2.84. The van der Waals surface area contributed by atoms with E-state index in [-0.39, 0.29) is 23.7 Å². The van der Waals surface area contributed by atoms with Gasteiger partial charge in [0, 0.05) is 30.7 Å². The highest BCUT2D eigenvalue weighted by Gasteiger charge is 2.35. The molecular formula is C25H18ClF6N3O. The molecule has 0 saturated heterocycles. The first kappa shape index (κ1) is 26.9. The van der Waals surface area contributed by atoms with Crippen LogP contribution in [0.4, 0.5) is 26.3 Å². The number of halogens is 7. The minimum absolute atomic E-state index is 0.0447. The van der Waals surface area contributed by atoms with E-state index in [0.29, 0.717) is 12.3 Å². The smallest absolute Gasteiger partial charge is 0.352 e. The van der Waals surface area contributed by atoms with Gasteiger partial charge in [-0.05, 0) is 30.3 Å². The second kappa shape index (κ2) is 11.4. The van der Waals surface area contributed by atoms with Crippen LogP contribution >= 0.6 is 11.6 Å². The van der Waals surface area contributed by atoms with E-state index >= 15 is 0 Å². The third-order valence-corrected chi connectivity index (χ3v) is 5.21. The van der Waals surface area contributed by atoms with E-state index in [4.69, 9.17) is 11.6 Å². The highest BCUT2D eigenvalue weighted by molar-refractivity contribution is 6.31.